The van der Waals surface area contributed by atoms with Crippen LogP contribution < -0.4 is 5.32 Å². The zero-order valence-corrected chi connectivity index (χ0v) is 12.3. The van der Waals surface area contributed by atoms with Crippen molar-refractivity contribution in [2.24, 2.45) is 0 Å². The summed E-state index contributed by atoms with van der Waals surface area (Å²) in [5, 5.41) is 24.5. The highest BCUT2D eigenvalue weighted by molar-refractivity contribution is 7.10. The summed E-state index contributed by atoms with van der Waals surface area (Å²) in [6.07, 6.45) is 2.48. The minimum absolute atomic E-state index is 0.225. The van der Waals surface area contributed by atoms with Crippen LogP contribution in [0.2, 0.25) is 0 Å². The van der Waals surface area contributed by atoms with Crippen molar-refractivity contribution in [3.63, 3.8) is 0 Å². The summed E-state index contributed by atoms with van der Waals surface area (Å²) in [6, 6.07) is 2.96. The van der Waals surface area contributed by atoms with Crippen molar-refractivity contribution in [2.45, 2.75) is 57.7 Å². The molecular weight excluding hydrogens is 262 g/mol. The second kappa shape index (κ2) is 8.30. The van der Waals surface area contributed by atoms with Gasteiger partial charge < -0.3 is 10.2 Å². The summed E-state index contributed by atoms with van der Waals surface area (Å²) < 4.78 is 0. The zero-order chi connectivity index (χ0) is 14.3. The molecule has 0 radical (unpaired) electrons. The standard InChI is InChI=1S/C14H23NO3S/c1-3-5-7-11(14(17)18)15-10(4-2)13(16)12-8-6-9-19-12/h6,8-11,13,15-16H,3-5,7H2,1-2H3,(H,17,18). The SMILES string of the molecule is CCCCC(NC(CC)C(O)c1cccs1)C(=O)O. The number of hydrogen-bond donors (Lipinski definition) is 3. The molecule has 1 aromatic rings. The average Bonchev–Trinajstić information content (AvgIpc) is 2.92. The highest BCUT2D eigenvalue weighted by Gasteiger charge is 2.26. The number of carboxylic acids is 1. The third-order valence-electron chi connectivity index (χ3n) is 3.22. The maximum Gasteiger partial charge on any atom is 0.320 e. The zero-order valence-electron chi connectivity index (χ0n) is 11.5. The Labute approximate surface area is 118 Å². The van der Waals surface area contributed by atoms with Gasteiger partial charge in [0.25, 0.3) is 0 Å². The van der Waals surface area contributed by atoms with Gasteiger partial charge in [-0.25, -0.2) is 0 Å². The Kier molecular flexibility index (Phi) is 7.05. The highest BCUT2D eigenvalue weighted by Crippen LogP contribution is 2.24. The van der Waals surface area contributed by atoms with Crippen molar-refractivity contribution in [1.29, 1.82) is 0 Å². The van der Waals surface area contributed by atoms with Gasteiger partial charge in [-0.3, -0.25) is 10.1 Å². The summed E-state index contributed by atoms with van der Waals surface area (Å²) in [4.78, 5) is 12.1. The van der Waals surface area contributed by atoms with Gasteiger partial charge in [-0.2, -0.15) is 0 Å². The second-order valence-electron chi connectivity index (χ2n) is 4.67. The quantitative estimate of drug-likeness (QED) is 0.652. The predicted octanol–water partition coefficient (Wildman–Crippen LogP) is 2.79. The van der Waals surface area contributed by atoms with E-state index in [1.807, 2.05) is 31.4 Å². The number of aliphatic carboxylic acids is 1. The maximum absolute atomic E-state index is 11.2. The Morgan fingerprint density at radius 1 is 1.47 bits per heavy atom. The highest BCUT2D eigenvalue weighted by atomic mass is 32.1. The number of unbranched alkanes of at least 4 members (excludes halogenated alkanes) is 1. The van der Waals surface area contributed by atoms with Crippen molar-refractivity contribution < 1.29 is 15.0 Å². The van der Waals surface area contributed by atoms with Gasteiger partial charge in [0.05, 0.1) is 0 Å². The molecule has 0 spiro atoms. The van der Waals surface area contributed by atoms with Crippen LogP contribution in [-0.4, -0.2) is 28.3 Å². The van der Waals surface area contributed by atoms with Crippen LogP contribution in [0, 0.1) is 0 Å². The fourth-order valence-corrected chi connectivity index (χ4v) is 2.81. The van der Waals surface area contributed by atoms with E-state index in [-0.39, 0.29) is 6.04 Å². The van der Waals surface area contributed by atoms with E-state index in [2.05, 4.69) is 5.32 Å². The van der Waals surface area contributed by atoms with E-state index < -0.39 is 18.1 Å². The summed E-state index contributed by atoms with van der Waals surface area (Å²) in [7, 11) is 0. The van der Waals surface area contributed by atoms with Gasteiger partial charge in [0.1, 0.15) is 12.1 Å². The van der Waals surface area contributed by atoms with E-state index >= 15 is 0 Å². The van der Waals surface area contributed by atoms with Crippen molar-refractivity contribution >= 4 is 17.3 Å². The van der Waals surface area contributed by atoms with Crippen LogP contribution in [0.15, 0.2) is 17.5 Å². The number of aliphatic hydroxyl groups is 1. The van der Waals surface area contributed by atoms with Gasteiger partial charge in [0, 0.05) is 10.9 Å². The first-order valence-electron chi connectivity index (χ1n) is 6.80. The van der Waals surface area contributed by atoms with E-state index in [4.69, 9.17) is 0 Å². The molecule has 1 heterocycles. The van der Waals surface area contributed by atoms with Crippen LogP contribution in [0.5, 0.6) is 0 Å². The Morgan fingerprint density at radius 3 is 2.68 bits per heavy atom. The number of rotatable bonds is 9. The first-order valence-corrected chi connectivity index (χ1v) is 7.68. The van der Waals surface area contributed by atoms with Gasteiger partial charge in [-0.05, 0) is 24.3 Å². The third-order valence-corrected chi connectivity index (χ3v) is 4.16. The number of nitrogens with one attached hydrogen (secondary N) is 1. The molecule has 1 aromatic heterocycles. The number of carboxylic acid groups (broad SMARTS) is 1. The van der Waals surface area contributed by atoms with Crippen molar-refractivity contribution in [1.82, 2.24) is 5.32 Å². The number of thiophene rings is 1. The minimum Gasteiger partial charge on any atom is -0.480 e. The summed E-state index contributed by atoms with van der Waals surface area (Å²) in [5.74, 6) is -0.842. The van der Waals surface area contributed by atoms with E-state index in [1.165, 1.54) is 11.3 Å². The molecule has 0 aliphatic rings. The Morgan fingerprint density at radius 2 is 2.21 bits per heavy atom. The summed E-state index contributed by atoms with van der Waals surface area (Å²) >= 11 is 1.49. The lowest BCUT2D eigenvalue weighted by Crippen LogP contribution is -2.45. The maximum atomic E-state index is 11.2. The molecule has 0 aromatic carbocycles. The van der Waals surface area contributed by atoms with Crippen LogP contribution in [0.1, 0.15) is 50.5 Å². The molecule has 0 aliphatic heterocycles. The largest absolute Gasteiger partial charge is 0.480 e. The molecular formula is C14H23NO3S. The fraction of sp³-hybridized carbons (Fsp3) is 0.643. The second-order valence-corrected chi connectivity index (χ2v) is 5.65. The lowest BCUT2D eigenvalue weighted by molar-refractivity contribution is -0.140. The van der Waals surface area contributed by atoms with Gasteiger partial charge in [0.15, 0.2) is 0 Å². The average molecular weight is 285 g/mol. The molecule has 19 heavy (non-hydrogen) atoms. The molecule has 0 amide bonds. The van der Waals surface area contributed by atoms with Gasteiger partial charge >= 0.3 is 5.97 Å². The number of hydrogen-bond acceptors (Lipinski definition) is 4. The van der Waals surface area contributed by atoms with Crippen molar-refractivity contribution in [2.75, 3.05) is 0 Å². The molecule has 4 nitrogen and oxygen atoms in total. The van der Waals surface area contributed by atoms with E-state index in [0.717, 1.165) is 17.7 Å². The molecule has 3 N–H and O–H groups in total. The Bertz CT molecular complexity index is 367. The topological polar surface area (TPSA) is 69.6 Å². The number of carbonyl (C=O) groups is 1. The van der Waals surface area contributed by atoms with Crippen LogP contribution in [-0.2, 0) is 4.79 Å². The minimum atomic E-state index is -0.842. The number of aliphatic hydroxyl groups excluding tert-OH is 1. The molecule has 3 atom stereocenters. The molecule has 5 heteroatoms. The van der Waals surface area contributed by atoms with Crippen LogP contribution in [0.3, 0.4) is 0 Å². The van der Waals surface area contributed by atoms with Gasteiger partial charge in [0.2, 0.25) is 0 Å². The summed E-state index contributed by atoms with van der Waals surface area (Å²) in [6.45, 7) is 3.99. The third kappa shape index (κ3) is 4.93. The summed E-state index contributed by atoms with van der Waals surface area (Å²) in [5.41, 5.74) is 0. The van der Waals surface area contributed by atoms with E-state index in [1.54, 1.807) is 0 Å². The molecule has 0 saturated heterocycles. The van der Waals surface area contributed by atoms with Gasteiger partial charge in [-0.15, -0.1) is 11.3 Å². The van der Waals surface area contributed by atoms with Crippen LogP contribution in [0.25, 0.3) is 0 Å². The molecule has 0 fully saturated rings. The predicted molar refractivity (Wildman–Crippen MR) is 77.4 cm³/mol. The fourth-order valence-electron chi connectivity index (χ4n) is 2.03. The van der Waals surface area contributed by atoms with Crippen LogP contribution >= 0.6 is 11.3 Å². The molecule has 0 aliphatic carbocycles. The van der Waals surface area contributed by atoms with Crippen LogP contribution in [0.4, 0.5) is 0 Å². The smallest absolute Gasteiger partial charge is 0.320 e. The molecule has 0 bridgehead atoms. The van der Waals surface area contributed by atoms with Crippen molar-refractivity contribution in [3.05, 3.63) is 22.4 Å². The Balaban J connectivity index is 2.65. The monoisotopic (exact) mass is 285 g/mol. The molecule has 1 rings (SSSR count). The molecule has 0 saturated carbocycles. The Hall–Kier alpha value is -0.910. The van der Waals surface area contributed by atoms with E-state index in [9.17, 15) is 15.0 Å². The first-order chi connectivity index (χ1) is 9.10. The normalized spacial score (nSPS) is 15.9. The lowest BCUT2D eigenvalue weighted by Gasteiger charge is -2.26. The lowest BCUT2D eigenvalue weighted by atomic mass is 10.0. The van der Waals surface area contributed by atoms with E-state index in [0.29, 0.717) is 12.8 Å². The van der Waals surface area contributed by atoms with Gasteiger partial charge in [-0.1, -0.05) is 32.8 Å². The molecule has 108 valence electrons. The van der Waals surface area contributed by atoms with Crippen molar-refractivity contribution in [3.8, 4) is 0 Å². The molecule has 3 unspecified atom stereocenters. The first kappa shape index (κ1) is 16.1.